The molecule has 12 heteroatoms. The number of anilines is 2. The van der Waals surface area contributed by atoms with Gasteiger partial charge in [0.2, 0.25) is 0 Å². The van der Waals surface area contributed by atoms with Crippen molar-refractivity contribution < 1.29 is 19.2 Å². The van der Waals surface area contributed by atoms with Crippen molar-refractivity contribution in [2.75, 3.05) is 23.9 Å². The van der Waals surface area contributed by atoms with E-state index < -0.39 is 4.92 Å². The lowest BCUT2D eigenvalue weighted by atomic mass is 9.96. The van der Waals surface area contributed by atoms with Gasteiger partial charge in [0, 0.05) is 29.0 Å². The van der Waals surface area contributed by atoms with Gasteiger partial charge >= 0.3 is 0 Å². The Bertz CT molecular complexity index is 1930. The van der Waals surface area contributed by atoms with E-state index in [2.05, 4.69) is 15.6 Å². The Kier molecular flexibility index (Phi) is 8.85. The predicted molar refractivity (Wildman–Crippen MR) is 183 cm³/mol. The average molecular weight is 649 g/mol. The van der Waals surface area contributed by atoms with E-state index >= 15 is 0 Å². The topological polar surface area (TPSA) is 124 Å². The van der Waals surface area contributed by atoms with Crippen LogP contribution in [0.2, 0.25) is 0 Å². The number of thiocarbonyl (C=S) groups is 1. The molecule has 2 atom stereocenters. The zero-order valence-electron chi connectivity index (χ0n) is 25.9. The predicted octanol–water partition coefficient (Wildman–Crippen LogP) is 6.60. The highest BCUT2D eigenvalue weighted by Gasteiger charge is 2.42. The molecule has 2 N–H and O–H groups in total. The first-order chi connectivity index (χ1) is 22.7. The second-order valence-corrected chi connectivity index (χ2v) is 11.4. The highest BCUT2D eigenvalue weighted by atomic mass is 32.1. The molecule has 0 saturated carbocycles. The smallest absolute Gasteiger partial charge is 0.296 e. The number of pyridine rings is 1. The second-order valence-electron chi connectivity index (χ2n) is 11.0. The highest BCUT2D eigenvalue weighted by molar-refractivity contribution is 7.80. The van der Waals surface area contributed by atoms with E-state index in [0.29, 0.717) is 28.0 Å². The SMILES string of the molecule is COc1ccc(-n2c(C)cc([C@H]3[C@H](c4ccccn4)NC(=S)N3c3ccc(NC(=O)COc4ccccc4)cc3)c2C)c([N+](=O)[O-])c1. The standard InChI is InChI=1S/C35H32N6O5S/c1-22-19-28(23(2)39(22)30-17-16-27(45-3)20-31(30)41(43)44)34-33(29-11-7-8-18-36-29)38-35(47)40(34)25-14-12-24(13-15-25)37-32(42)21-46-26-9-5-4-6-10-26/h4-20,33-34H,21H2,1-3H3,(H,37,42)(H,38,47)/t33-,34-/m0/s1. The van der Waals surface area contributed by atoms with Gasteiger partial charge in [-0.25, -0.2) is 0 Å². The molecule has 1 aliphatic rings. The zero-order valence-corrected chi connectivity index (χ0v) is 26.7. The van der Waals surface area contributed by atoms with Gasteiger partial charge in [-0.15, -0.1) is 0 Å². The van der Waals surface area contributed by atoms with Crippen molar-refractivity contribution in [1.29, 1.82) is 0 Å². The van der Waals surface area contributed by atoms with E-state index in [9.17, 15) is 14.9 Å². The molecule has 1 amide bonds. The molecule has 3 aromatic carbocycles. The van der Waals surface area contributed by atoms with Crippen molar-refractivity contribution in [3.05, 3.63) is 136 Å². The third-order valence-corrected chi connectivity index (χ3v) is 8.36. The molecule has 1 aliphatic heterocycles. The number of rotatable bonds is 10. The minimum Gasteiger partial charge on any atom is -0.496 e. The molecule has 5 aromatic rings. The maximum atomic E-state index is 12.6. The summed E-state index contributed by atoms with van der Waals surface area (Å²) < 4.78 is 12.7. The summed E-state index contributed by atoms with van der Waals surface area (Å²) in [7, 11) is 1.48. The second kappa shape index (κ2) is 13.3. The fourth-order valence-corrected chi connectivity index (χ4v) is 6.29. The Balaban J connectivity index is 1.34. The number of carbonyl (C=O) groups excluding carboxylic acids is 1. The minimum absolute atomic E-state index is 0.0669. The normalized spacial score (nSPS) is 15.6. The summed E-state index contributed by atoms with van der Waals surface area (Å²) in [6.45, 7) is 3.74. The fourth-order valence-electron chi connectivity index (χ4n) is 5.94. The van der Waals surface area contributed by atoms with Crippen molar-refractivity contribution in [3.8, 4) is 17.2 Å². The molecule has 0 spiro atoms. The van der Waals surface area contributed by atoms with Gasteiger partial charge in [0.25, 0.3) is 11.6 Å². The first-order valence-corrected chi connectivity index (χ1v) is 15.3. The number of ether oxygens (including phenoxy) is 2. The number of nitrogens with zero attached hydrogens (tertiary/aromatic N) is 4. The maximum Gasteiger partial charge on any atom is 0.296 e. The summed E-state index contributed by atoms with van der Waals surface area (Å²) in [6.07, 6.45) is 1.74. The van der Waals surface area contributed by atoms with E-state index in [4.69, 9.17) is 21.7 Å². The molecule has 0 radical (unpaired) electrons. The van der Waals surface area contributed by atoms with Crippen LogP contribution in [0.25, 0.3) is 5.69 Å². The molecule has 3 heterocycles. The molecular weight excluding hydrogens is 616 g/mol. The van der Waals surface area contributed by atoms with E-state index in [1.165, 1.54) is 13.2 Å². The zero-order chi connectivity index (χ0) is 33.1. The fraction of sp³-hybridized carbons (Fsp3) is 0.171. The molecule has 1 fully saturated rings. The number of aryl methyl sites for hydroxylation is 1. The number of para-hydroxylation sites is 1. The molecule has 47 heavy (non-hydrogen) atoms. The Hall–Kier alpha value is -5.75. The Morgan fingerprint density at radius 2 is 1.74 bits per heavy atom. The molecule has 0 unspecified atom stereocenters. The van der Waals surface area contributed by atoms with Crippen LogP contribution in [0, 0.1) is 24.0 Å². The molecule has 1 saturated heterocycles. The number of aromatic nitrogens is 2. The molecule has 6 rings (SSSR count). The first-order valence-electron chi connectivity index (χ1n) is 14.8. The lowest BCUT2D eigenvalue weighted by molar-refractivity contribution is -0.384. The third-order valence-electron chi connectivity index (χ3n) is 8.05. The summed E-state index contributed by atoms with van der Waals surface area (Å²) in [5.74, 6) is 0.730. The number of nitro benzene ring substituents is 1. The van der Waals surface area contributed by atoms with Gasteiger partial charge in [-0.1, -0.05) is 24.3 Å². The number of hydrogen-bond acceptors (Lipinski definition) is 7. The molecule has 11 nitrogen and oxygen atoms in total. The van der Waals surface area contributed by atoms with Crippen LogP contribution in [0.3, 0.4) is 0 Å². The van der Waals surface area contributed by atoms with Gasteiger partial charge in [0.15, 0.2) is 11.7 Å². The van der Waals surface area contributed by atoms with Gasteiger partial charge in [0.1, 0.15) is 17.2 Å². The Morgan fingerprint density at radius 1 is 1.00 bits per heavy atom. The van der Waals surface area contributed by atoms with Crippen LogP contribution in [0.4, 0.5) is 17.1 Å². The highest BCUT2D eigenvalue weighted by Crippen LogP contribution is 2.44. The van der Waals surface area contributed by atoms with Gasteiger partial charge in [0.05, 0.1) is 35.9 Å². The van der Waals surface area contributed by atoms with Crippen molar-refractivity contribution in [2.24, 2.45) is 0 Å². The largest absolute Gasteiger partial charge is 0.496 e. The van der Waals surface area contributed by atoms with Crippen LogP contribution in [0.1, 0.15) is 34.7 Å². The summed E-state index contributed by atoms with van der Waals surface area (Å²) in [5.41, 5.74) is 5.13. The summed E-state index contributed by atoms with van der Waals surface area (Å²) in [5, 5.41) is 19.0. The van der Waals surface area contributed by atoms with Gasteiger partial charge in [-0.05, 0) is 98.4 Å². The van der Waals surface area contributed by atoms with Crippen molar-refractivity contribution >= 4 is 40.3 Å². The molecule has 2 aromatic heterocycles. The minimum atomic E-state index is -0.403. The first kappa shape index (κ1) is 31.2. The molecular formula is C35H32N6O5S. The number of carbonyl (C=O) groups is 1. The van der Waals surface area contributed by atoms with E-state index in [1.54, 1.807) is 30.5 Å². The van der Waals surface area contributed by atoms with Crippen molar-refractivity contribution in [3.63, 3.8) is 0 Å². The lowest BCUT2D eigenvalue weighted by Crippen LogP contribution is -2.29. The number of methoxy groups -OCH3 is 1. The Labute approximate surface area is 276 Å². The van der Waals surface area contributed by atoms with Crippen LogP contribution in [-0.2, 0) is 4.79 Å². The number of nitrogens with one attached hydrogen (secondary N) is 2. The van der Waals surface area contributed by atoms with Crippen LogP contribution >= 0.6 is 12.2 Å². The van der Waals surface area contributed by atoms with Gasteiger partial charge in [-0.3, -0.25) is 19.9 Å². The van der Waals surface area contributed by atoms with Gasteiger partial charge < -0.3 is 29.6 Å². The number of hydrogen-bond donors (Lipinski definition) is 2. The molecule has 238 valence electrons. The number of amides is 1. The average Bonchev–Trinajstić information content (AvgIpc) is 3.58. The maximum absolute atomic E-state index is 12.6. The van der Waals surface area contributed by atoms with Crippen molar-refractivity contribution in [2.45, 2.75) is 25.9 Å². The summed E-state index contributed by atoms with van der Waals surface area (Å²) in [6, 6.07) is 28.5. The van der Waals surface area contributed by atoms with E-state index in [1.807, 2.05) is 90.0 Å². The van der Waals surface area contributed by atoms with Crippen LogP contribution in [0.5, 0.6) is 11.5 Å². The number of nitro groups is 1. The van der Waals surface area contributed by atoms with Gasteiger partial charge in [-0.2, -0.15) is 0 Å². The van der Waals surface area contributed by atoms with Crippen LogP contribution in [-0.4, -0.2) is 39.2 Å². The monoisotopic (exact) mass is 648 g/mol. The van der Waals surface area contributed by atoms with E-state index in [-0.39, 0.29) is 30.3 Å². The van der Waals surface area contributed by atoms with Crippen LogP contribution < -0.4 is 25.0 Å². The van der Waals surface area contributed by atoms with Crippen LogP contribution in [0.15, 0.2) is 103 Å². The molecule has 0 bridgehead atoms. The quantitative estimate of drug-likeness (QED) is 0.0979. The number of benzene rings is 3. The third kappa shape index (κ3) is 6.36. The Morgan fingerprint density at radius 3 is 2.43 bits per heavy atom. The molecule has 0 aliphatic carbocycles. The summed E-state index contributed by atoms with van der Waals surface area (Å²) in [4.78, 5) is 31.0. The van der Waals surface area contributed by atoms with Crippen molar-refractivity contribution in [1.82, 2.24) is 14.9 Å². The van der Waals surface area contributed by atoms with E-state index in [0.717, 1.165) is 28.3 Å². The lowest BCUT2D eigenvalue weighted by Gasteiger charge is -2.28. The summed E-state index contributed by atoms with van der Waals surface area (Å²) >= 11 is 5.91.